The molecule has 5 nitrogen and oxygen atoms in total. The van der Waals surface area contributed by atoms with E-state index < -0.39 is 0 Å². The molecule has 120 valence electrons. The molecule has 0 fully saturated rings. The second-order valence-corrected chi connectivity index (χ2v) is 5.92. The van der Waals surface area contributed by atoms with Crippen molar-refractivity contribution in [3.05, 3.63) is 65.2 Å². The summed E-state index contributed by atoms with van der Waals surface area (Å²) in [4.78, 5) is 18.1. The molecule has 0 saturated heterocycles. The number of hydrogen-bond acceptors (Lipinski definition) is 5. The molecule has 0 aromatic carbocycles. The second-order valence-electron chi connectivity index (χ2n) is 5.92. The fourth-order valence-corrected chi connectivity index (χ4v) is 2.99. The third-order valence-corrected chi connectivity index (χ3v) is 4.24. The Labute approximate surface area is 140 Å². The van der Waals surface area contributed by atoms with E-state index in [4.69, 9.17) is 14.7 Å². The maximum Gasteiger partial charge on any atom is 0.212 e. The van der Waals surface area contributed by atoms with Gasteiger partial charge in [-0.1, -0.05) is 12.1 Å². The van der Waals surface area contributed by atoms with Gasteiger partial charge in [0.2, 0.25) is 5.88 Å². The fourth-order valence-electron chi connectivity index (χ4n) is 2.99. The minimum absolute atomic E-state index is 0.618. The zero-order valence-electron chi connectivity index (χ0n) is 13.6. The van der Waals surface area contributed by atoms with Gasteiger partial charge >= 0.3 is 0 Å². The Kier molecular flexibility index (Phi) is 3.91. The summed E-state index contributed by atoms with van der Waals surface area (Å²) in [6, 6.07) is 9.85. The summed E-state index contributed by atoms with van der Waals surface area (Å²) in [5.74, 6) is 1.33. The average Bonchev–Trinajstić information content (AvgIpc) is 3.10. The van der Waals surface area contributed by atoms with Crippen LogP contribution in [0.2, 0.25) is 0 Å². The second kappa shape index (κ2) is 6.35. The van der Waals surface area contributed by atoms with Gasteiger partial charge < -0.3 is 4.74 Å². The SMILES string of the molecule is COc1ccc(Cc2cccc(-c3ncc4c(n3)CCC4)n2)cn1. The molecule has 5 heteroatoms. The van der Waals surface area contributed by atoms with Crippen molar-refractivity contribution in [2.75, 3.05) is 7.11 Å². The quantitative estimate of drug-likeness (QED) is 0.740. The third-order valence-electron chi connectivity index (χ3n) is 4.24. The standard InChI is InChI=1S/C19H18N4O/c1-24-18-9-8-13(11-20-18)10-15-5-3-7-17(22-15)19-21-12-14-4-2-6-16(14)23-19/h3,5,7-9,11-12H,2,4,6,10H2,1H3. The highest BCUT2D eigenvalue weighted by molar-refractivity contribution is 5.50. The largest absolute Gasteiger partial charge is 0.481 e. The summed E-state index contributed by atoms with van der Waals surface area (Å²) >= 11 is 0. The molecule has 24 heavy (non-hydrogen) atoms. The number of ether oxygens (including phenoxy) is 1. The summed E-state index contributed by atoms with van der Waals surface area (Å²) in [7, 11) is 1.61. The first-order valence-corrected chi connectivity index (χ1v) is 8.12. The van der Waals surface area contributed by atoms with E-state index in [0.717, 1.165) is 36.2 Å². The van der Waals surface area contributed by atoms with Gasteiger partial charge in [-0.3, -0.25) is 0 Å². The zero-order chi connectivity index (χ0) is 16.4. The van der Waals surface area contributed by atoms with E-state index >= 15 is 0 Å². The molecule has 0 bridgehead atoms. The van der Waals surface area contributed by atoms with Gasteiger partial charge in [0.05, 0.1) is 7.11 Å². The van der Waals surface area contributed by atoms with E-state index in [1.807, 2.05) is 42.7 Å². The Hall–Kier alpha value is -2.82. The molecule has 0 N–H and O–H groups in total. The third kappa shape index (κ3) is 2.97. The van der Waals surface area contributed by atoms with Gasteiger partial charge in [-0.25, -0.2) is 19.9 Å². The molecule has 0 spiro atoms. The average molecular weight is 318 g/mol. The number of fused-ring (bicyclic) bond motifs is 1. The van der Waals surface area contributed by atoms with Gasteiger partial charge in [0, 0.05) is 36.3 Å². The van der Waals surface area contributed by atoms with Crippen molar-refractivity contribution in [3.8, 4) is 17.4 Å². The Morgan fingerprint density at radius 3 is 2.79 bits per heavy atom. The number of aromatic nitrogens is 4. The van der Waals surface area contributed by atoms with Crippen LogP contribution in [0.1, 0.15) is 28.9 Å². The lowest BCUT2D eigenvalue weighted by Crippen LogP contribution is -1.99. The van der Waals surface area contributed by atoms with Gasteiger partial charge in [0.25, 0.3) is 0 Å². The van der Waals surface area contributed by atoms with Gasteiger partial charge in [-0.15, -0.1) is 0 Å². The van der Waals surface area contributed by atoms with Crippen LogP contribution < -0.4 is 4.74 Å². The van der Waals surface area contributed by atoms with E-state index in [2.05, 4.69) is 9.97 Å². The maximum atomic E-state index is 5.09. The van der Waals surface area contributed by atoms with Gasteiger partial charge in [-0.05, 0) is 42.5 Å². The molecule has 1 aliphatic rings. The van der Waals surface area contributed by atoms with Crippen LogP contribution >= 0.6 is 0 Å². The number of methoxy groups -OCH3 is 1. The minimum Gasteiger partial charge on any atom is -0.481 e. The molecular weight excluding hydrogens is 300 g/mol. The Bertz CT molecular complexity index is 861. The predicted octanol–water partition coefficient (Wildman–Crippen LogP) is 3.02. The number of aryl methyl sites for hydroxylation is 2. The first-order valence-electron chi connectivity index (χ1n) is 8.12. The molecule has 0 unspecified atom stereocenters. The highest BCUT2D eigenvalue weighted by Crippen LogP contribution is 2.22. The van der Waals surface area contributed by atoms with Crippen LogP contribution in [0, 0.1) is 0 Å². The summed E-state index contributed by atoms with van der Waals surface area (Å²) in [6.45, 7) is 0. The molecule has 0 radical (unpaired) electrons. The first kappa shape index (κ1) is 14.8. The number of pyridine rings is 2. The summed E-state index contributed by atoms with van der Waals surface area (Å²) in [6.07, 6.45) is 7.79. The summed E-state index contributed by atoms with van der Waals surface area (Å²) < 4.78 is 5.09. The zero-order valence-corrected chi connectivity index (χ0v) is 13.6. The van der Waals surface area contributed by atoms with Crippen molar-refractivity contribution < 1.29 is 4.74 Å². The Balaban J connectivity index is 1.59. The summed E-state index contributed by atoms with van der Waals surface area (Å²) in [5, 5.41) is 0. The molecule has 0 saturated carbocycles. The molecule has 1 aliphatic carbocycles. The van der Waals surface area contributed by atoms with Crippen molar-refractivity contribution in [1.82, 2.24) is 19.9 Å². The monoisotopic (exact) mass is 318 g/mol. The number of hydrogen-bond donors (Lipinski definition) is 0. The van der Waals surface area contributed by atoms with Crippen molar-refractivity contribution >= 4 is 0 Å². The normalized spacial score (nSPS) is 12.9. The van der Waals surface area contributed by atoms with Crippen LogP contribution in [-0.4, -0.2) is 27.0 Å². The molecule has 0 atom stereocenters. The van der Waals surface area contributed by atoms with E-state index in [-0.39, 0.29) is 0 Å². The first-order chi connectivity index (χ1) is 11.8. The van der Waals surface area contributed by atoms with Gasteiger partial charge in [-0.2, -0.15) is 0 Å². The van der Waals surface area contributed by atoms with Gasteiger partial charge in [0.1, 0.15) is 5.69 Å². The predicted molar refractivity (Wildman–Crippen MR) is 90.9 cm³/mol. The van der Waals surface area contributed by atoms with Crippen molar-refractivity contribution in [2.24, 2.45) is 0 Å². The lowest BCUT2D eigenvalue weighted by atomic mass is 10.1. The Morgan fingerprint density at radius 2 is 1.96 bits per heavy atom. The van der Waals surface area contributed by atoms with Crippen LogP contribution in [-0.2, 0) is 19.3 Å². The van der Waals surface area contributed by atoms with Crippen molar-refractivity contribution in [3.63, 3.8) is 0 Å². The molecule has 3 heterocycles. The lowest BCUT2D eigenvalue weighted by molar-refractivity contribution is 0.397. The smallest absolute Gasteiger partial charge is 0.212 e. The minimum atomic E-state index is 0.618. The van der Waals surface area contributed by atoms with Gasteiger partial charge in [0.15, 0.2) is 5.82 Å². The van der Waals surface area contributed by atoms with E-state index in [0.29, 0.717) is 11.7 Å². The Morgan fingerprint density at radius 1 is 1.00 bits per heavy atom. The van der Waals surface area contributed by atoms with E-state index in [1.165, 1.54) is 17.7 Å². The number of rotatable bonds is 4. The van der Waals surface area contributed by atoms with Crippen LogP contribution in [0.3, 0.4) is 0 Å². The molecule has 0 amide bonds. The molecule has 3 aromatic rings. The lowest BCUT2D eigenvalue weighted by Gasteiger charge is -2.06. The highest BCUT2D eigenvalue weighted by atomic mass is 16.5. The molecule has 4 rings (SSSR count). The molecular formula is C19H18N4O. The van der Waals surface area contributed by atoms with Crippen LogP contribution in [0.5, 0.6) is 5.88 Å². The van der Waals surface area contributed by atoms with Crippen molar-refractivity contribution in [1.29, 1.82) is 0 Å². The van der Waals surface area contributed by atoms with Crippen LogP contribution in [0.4, 0.5) is 0 Å². The maximum absolute atomic E-state index is 5.09. The topological polar surface area (TPSA) is 60.8 Å². The number of nitrogens with zero attached hydrogens (tertiary/aromatic N) is 4. The molecule has 3 aromatic heterocycles. The molecule has 0 aliphatic heterocycles. The van der Waals surface area contributed by atoms with Crippen LogP contribution in [0.25, 0.3) is 11.5 Å². The highest BCUT2D eigenvalue weighted by Gasteiger charge is 2.14. The van der Waals surface area contributed by atoms with Crippen molar-refractivity contribution in [2.45, 2.75) is 25.7 Å². The summed E-state index contributed by atoms with van der Waals surface area (Å²) in [5.41, 5.74) is 5.34. The van der Waals surface area contributed by atoms with E-state index in [1.54, 1.807) is 7.11 Å². The van der Waals surface area contributed by atoms with Crippen LogP contribution in [0.15, 0.2) is 42.7 Å². The fraction of sp³-hybridized carbons (Fsp3) is 0.263. The van der Waals surface area contributed by atoms with E-state index in [9.17, 15) is 0 Å².